The average Bonchev–Trinajstić information content (AvgIpc) is 3.30. The first-order chi connectivity index (χ1) is 30.8. The Morgan fingerprint density at radius 3 is 2.52 bits per heavy atom. The number of amidine groups is 1. The molecule has 6 rings (SSSR count). The predicted octanol–water partition coefficient (Wildman–Crippen LogP) is 4.59. The van der Waals surface area contributed by atoms with Gasteiger partial charge in [0.25, 0.3) is 12.3 Å². The largest absolute Gasteiger partial charge is 0.393 e. The van der Waals surface area contributed by atoms with Crippen LogP contribution in [0.1, 0.15) is 97.3 Å². The monoisotopic (exact) mass is 876 g/mol. The summed E-state index contributed by atoms with van der Waals surface area (Å²) in [7, 11) is 1.65. The van der Waals surface area contributed by atoms with E-state index in [1.807, 2.05) is 4.90 Å². The number of alkyl halides is 2. The van der Waals surface area contributed by atoms with Gasteiger partial charge in [-0.15, -0.1) is 0 Å². The van der Waals surface area contributed by atoms with Gasteiger partial charge in [-0.25, -0.2) is 8.78 Å². The average molecular weight is 877 g/mol. The minimum Gasteiger partial charge on any atom is -0.393 e. The lowest BCUT2D eigenvalue weighted by atomic mass is 9.91. The van der Waals surface area contributed by atoms with Crippen molar-refractivity contribution >= 4 is 64.1 Å². The zero-order valence-corrected chi connectivity index (χ0v) is 36.1. The van der Waals surface area contributed by atoms with Crippen LogP contribution < -0.4 is 26.6 Å². The van der Waals surface area contributed by atoms with Gasteiger partial charge in [0.2, 0.25) is 17.7 Å². The molecule has 3 aliphatic heterocycles. The van der Waals surface area contributed by atoms with Gasteiger partial charge in [0, 0.05) is 130 Å². The van der Waals surface area contributed by atoms with Gasteiger partial charge in [-0.1, -0.05) is 11.8 Å². The number of hydrogen-bond acceptors (Lipinski definition) is 10. The number of carbonyl (C=O) groups is 5. The highest BCUT2D eigenvalue weighted by molar-refractivity contribution is 6.11. The minimum atomic E-state index is -2.80. The predicted molar refractivity (Wildman–Crippen MR) is 241 cm³/mol. The molecule has 1 atom stereocenters. The standard InChI is InChI=1S/C47H54F2N10O5/c1-29(61)58-22-17-39(38(28-58)45(51)59-19-6-9-31-24-36(32(26-50)27-53-2)37(44(48)49)25-41(31)59)55-33-15-20-57(21-16-33)42(62)12-4-3-8-30-13-14-35(43-34(30)10-5-18-54-43)47(64)56-40(46(52)63)11-7-23-60/h5,10,13-14,18,23-27,33,40,44,50-51,53,55H,4,6-7,9,11-12,15-17,19-22,28H2,1-2H3,(H2,52,63)(H,56,64)/b32-27+,50-26?,51-45?. The maximum Gasteiger partial charge on any atom is 0.264 e. The van der Waals surface area contributed by atoms with E-state index >= 15 is 0 Å². The molecule has 17 heteroatoms. The fourth-order valence-electron chi connectivity index (χ4n) is 8.46. The first-order valence-corrected chi connectivity index (χ1v) is 21.5. The zero-order chi connectivity index (χ0) is 45.9. The summed E-state index contributed by atoms with van der Waals surface area (Å²) in [5, 5.41) is 27.0. The van der Waals surface area contributed by atoms with E-state index in [2.05, 4.69) is 32.8 Å². The van der Waals surface area contributed by atoms with E-state index in [1.54, 1.807) is 53.4 Å². The molecule has 4 amide bonds. The van der Waals surface area contributed by atoms with Crippen LogP contribution in [-0.4, -0.2) is 109 Å². The lowest BCUT2D eigenvalue weighted by molar-refractivity contribution is -0.132. The Morgan fingerprint density at radius 2 is 1.83 bits per heavy atom. The molecule has 7 N–H and O–H groups in total. The second-order valence-corrected chi connectivity index (χ2v) is 16.0. The lowest BCUT2D eigenvalue weighted by Crippen LogP contribution is -2.48. The number of allylic oxidation sites excluding steroid dienone is 1. The quantitative estimate of drug-likeness (QED) is 0.0544. The van der Waals surface area contributed by atoms with Gasteiger partial charge < -0.3 is 46.6 Å². The Morgan fingerprint density at radius 1 is 1.05 bits per heavy atom. The number of nitrogens with zero attached hydrogens (tertiary/aromatic N) is 4. The third kappa shape index (κ3) is 10.8. The number of rotatable bonds is 15. The number of carbonyl (C=O) groups excluding carboxylic acids is 5. The molecule has 4 heterocycles. The number of amides is 4. The third-order valence-electron chi connectivity index (χ3n) is 11.9. The van der Waals surface area contributed by atoms with Crippen LogP contribution in [0, 0.1) is 22.7 Å². The van der Waals surface area contributed by atoms with Gasteiger partial charge in [0.15, 0.2) is 0 Å². The summed E-state index contributed by atoms with van der Waals surface area (Å²) in [6.07, 6.45) is 5.77. The van der Waals surface area contributed by atoms with Gasteiger partial charge in [0.05, 0.1) is 17.6 Å². The summed E-state index contributed by atoms with van der Waals surface area (Å²) < 4.78 is 29.1. The van der Waals surface area contributed by atoms with Crippen LogP contribution in [0.4, 0.5) is 14.5 Å². The Hall–Kier alpha value is -6.96. The minimum absolute atomic E-state index is 0.00984. The van der Waals surface area contributed by atoms with E-state index in [0.717, 1.165) is 17.5 Å². The SMILES string of the molecule is CN/C=C(\C=N)c1cc2c(cc1C(F)F)N(C(=N)C1=C(NC3CCN(C(=O)CCC#Cc4ccc(C(=O)NC(CCC=O)C(N)=O)c5ncccc45)CC3)CCN(C(C)=O)C1)CCC2. The van der Waals surface area contributed by atoms with Crippen molar-refractivity contribution in [1.82, 2.24) is 30.7 Å². The van der Waals surface area contributed by atoms with Crippen LogP contribution >= 0.6 is 0 Å². The molecule has 1 fully saturated rings. The van der Waals surface area contributed by atoms with Gasteiger partial charge in [0.1, 0.15) is 18.2 Å². The van der Waals surface area contributed by atoms with Crippen molar-refractivity contribution in [3.8, 4) is 11.8 Å². The number of primary amides is 1. The summed E-state index contributed by atoms with van der Waals surface area (Å²) >= 11 is 0. The molecule has 1 aromatic heterocycles. The highest BCUT2D eigenvalue weighted by Gasteiger charge is 2.32. The van der Waals surface area contributed by atoms with Crippen molar-refractivity contribution in [2.75, 3.05) is 44.7 Å². The van der Waals surface area contributed by atoms with Crippen molar-refractivity contribution in [2.45, 2.75) is 83.2 Å². The fraction of sp³-hybridized carbons (Fsp3) is 0.404. The number of piperidine rings is 1. The number of pyridine rings is 1. The smallest absolute Gasteiger partial charge is 0.264 e. The summed E-state index contributed by atoms with van der Waals surface area (Å²) in [6.45, 7) is 3.66. The number of nitrogens with two attached hydrogens (primary N) is 1. The maximum atomic E-state index is 14.5. The van der Waals surface area contributed by atoms with Crippen LogP contribution in [0.3, 0.4) is 0 Å². The number of fused-ring (bicyclic) bond motifs is 2. The Bertz CT molecular complexity index is 2450. The van der Waals surface area contributed by atoms with Crippen molar-refractivity contribution in [2.24, 2.45) is 5.73 Å². The number of aryl methyl sites for hydroxylation is 1. The summed E-state index contributed by atoms with van der Waals surface area (Å²) in [5.41, 5.74) is 9.85. The molecule has 1 unspecified atom stereocenters. The molecule has 336 valence electrons. The molecular formula is C47H54F2N10O5. The Balaban J connectivity index is 1.10. The fourth-order valence-corrected chi connectivity index (χ4v) is 8.46. The third-order valence-corrected chi connectivity index (χ3v) is 11.9. The number of benzene rings is 2. The van der Waals surface area contributed by atoms with Gasteiger partial charge in [-0.2, -0.15) is 0 Å². The zero-order valence-electron chi connectivity index (χ0n) is 36.1. The van der Waals surface area contributed by atoms with Crippen LogP contribution in [0.25, 0.3) is 16.5 Å². The van der Waals surface area contributed by atoms with E-state index in [9.17, 15) is 38.2 Å². The molecular weight excluding hydrogens is 823 g/mol. The number of halogens is 2. The van der Waals surface area contributed by atoms with Gasteiger partial charge >= 0.3 is 0 Å². The molecule has 2 aromatic carbocycles. The molecule has 0 saturated carbocycles. The van der Waals surface area contributed by atoms with Crippen molar-refractivity contribution < 1.29 is 32.8 Å². The van der Waals surface area contributed by atoms with Crippen LogP contribution in [0.15, 0.2) is 60.1 Å². The van der Waals surface area contributed by atoms with Crippen LogP contribution in [-0.2, 0) is 25.6 Å². The van der Waals surface area contributed by atoms with Crippen molar-refractivity contribution in [3.05, 3.63) is 87.9 Å². The van der Waals surface area contributed by atoms with Crippen molar-refractivity contribution in [3.63, 3.8) is 0 Å². The van der Waals surface area contributed by atoms with E-state index < -0.39 is 24.3 Å². The molecule has 1 saturated heterocycles. The highest BCUT2D eigenvalue weighted by Crippen LogP contribution is 2.38. The molecule has 3 aromatic rings. The molecule has 64 heavy (non-hydrogen) atoms. The van der Waals surface area contributed by atoms with E-state index in [4.69, 9.17) is 11.1 Å². The molecule has 0 radical (unpaired) electrons. The van der Waals surface area contributed by atoms with Crippen LogP contribution in [0.5, 0.6) is 0 Å². The number of hydrogen-bond donors (Lipinski definition) is 6. The molecule has 3 aliphatic rings. The summed E-state index contributed by atoms with van der Waals surface area (Å²) in [5.74, 6) is 4.91. The summed E-state index contributed by atoms with van der Waals surface area (Å²) in [4.78, 5) is 71.3. The Labute approximate surface area is 370 Å². The molecule has 0 bridgehead atoms. The highest BCUT2D eigenvalue weighted by atomic mass is 19.3. The first-order valence-electron chi connectivity index (χ1n) is 21.5. The number of aromatic nitrogens is 1. The van der Waals surface area contributed by atoms with Gasteiger partial charge in [-0.05, 0) is 79.6 Å². The van der Waals surface area contributed by atoms with E-state index in [0.29, 0.717) is 104 Å². The van der Waals surface area contributed by atoms with Gasteiger partial charge in [-0.3, -0.25) is 29.6 Å². The molecule has 0 aliphatic carbocycles. The second-order valence-electron chi connectivity index (χ2n) is 16.0. The van der Waals surface area contributed by atoms with E-state index in [-0.39, 0.29) is 66.2 Å². The van der Waals surface area contributed by atoms with Crippen molar-refractivity contribution in [1.29, 1.82) is 10.8 Å². The molecule has 15 nitrogen and oxygen atoms in total. The maximum absolute atomic E-state index is 14.5. The normalized spacial score (nSPS) is 16.1. The number of anilines is 1. The molecule has 0 spiro atoms. The summed E-state index contributed by atoms with van der Waals surface area (Å²) in [6, 6.07) is 8.91. The Kier molecular flexibility index (Phi) is 15.6. The lowest BCUT2D eigenvalue weighted by Gasteiger charge is -2.39. The number of nitrogens with one attached hydrogen (secondary N) is 5. The topological polar surface area (TPSA) is 218 Å². The van der Waals surface area contributed by atoms with E-state index in [1.165, 1.54) is 19.2 Å². The second kappa shape index (κ2) is 21.4. The van der Waals surface area contributed by atoms with Crippen LogP contribution in [0.2, 0.25) is 0 Å². The first kappa shape index (κ1) is 46.5. The number of likely N-dealkylation sites (tertiary alicyclic amines) is 1. The number of aldehydes is 1.